The minimum Gasteiger partial charge on any atom is -0.497 e. The van der Waals surface area contributed by atoms with E-state index in [-0.39, 0.29) is 30.5 Å². The maximum atomic E-state index is 14.1. The van der Waals surface area contributed by atoms with Gasteiger partial charge in [0.1, 0.15) is 5.75 Å². The Morgan fingerprint density at radius 3 is 2.43 bits per heavy atom. The van der Waals surface area contributed by atoms with Gasteiger partial charge in [0, 0.05) is 25.2 Å². The van der Waals surface area contributed by atoms with Gasteiger partial charge in [-0.05, 0) is 102 Å². The van der Waals surface area contributed by atoms with Crippen molar-refractivity contribution in [2.24, 2.45) is 11.3 Å². The number of nitrogens with zero attached hydrogens (tertiary/aromatic N) is 1. The van der Waals surface area contributed by atoms with Crippen molar-refractivity contribution in [1.29, 1.82) is 0 Å². The standard InChI is InChI=1S/C35H39F3N2O2/c1-22(2)34(33(41)40-17-15-24-4-9-28(35(36,37)38)19-27(24)21-40)16-14-29(20-34)39-32-13-8-26-18-25(7-12-31(26)32)23-5-10-30(42-3)11-6-23/h4-7,9-12,18-19,22,29,32,39H,8,13-17,20-21H2,1-3H3/t29-,32?,34+/m1/s1. The highest BCUT2D eigenvalue weighted by atomic mass is 19.4. The lowest BCUT2D eigenvalue weighted by Gasteiger charge is -2.40. The summed E-state index contributed by atoms with van der Waals surface area (Å²) in [6.45, 7) is 5.03. The van der Waals surface area contributed by atoms with Crippen LogP contribution in [-0.4, -0.2) is 30.5 Å². The van der Waals surface area contributed by atoms with Gasteiger partial charge >= 0.3 is 6.18 Å². The molecule has 0 bridgehead atoms. The lowest BCUT2D eigenvalue weighted by atomic mass is 9.73. The SMILES string of the molecule is COc1ccc(-c2ccc3c(c2)CCC3N[C@@H]2CC[C@@](C(=O)N3CCc4ccc(C(F)(F)F)cc4C3)(C(C)C)C2)cc1. The fraction of sp³-hybridized carbons (Fsp3) is 0.457. The van der Waals surface area contributed by atoms with Crippen molar-refractivity contribution in [3.8, 4) is 16.9 Å². The van der Waals surface area contributed by atoms with Crippen LogP contribution >= 0.6 is 0 Å². The normalized spacial score (nSPS) is 23.6. The van der Waals surface area contributed by atoms with Gasteiger partial charge in [-0.25, -0.2) is 0 Å². The molecule has 0 saturated heterocycles. The average Bonchev–Trinajstić information content (AvgIpc) is 3.61. The second kappa shape index (κ2) is 11.1. The van der Waals surface area contributed by atoms with Gasteiger partial charge in [0.05, 0.1) is 18.1 Å². The van der Waals surface area contributed by atoms with E-state index in [1.807, 2.05) is 17.0 Å². The summed E-state index contributed by atoms with van der Waals surface area (Å²) >= 11 is 0. The van der Waals surface area contributed by atoms with Crippen LogP contribution in [0.15, 0.2) is 60.7 Å². The van der Waals surface area contributed by atoms with Crippen LogP contribution in [0.4, 0.5) is 13.2 Å². The van der Waals surface area contributed by atoms with E-state index in [0.717, 1.165) is 49.5 Å². The molecule has 1 saturated carbocycles. The van der Waals surface area contributed by atoms with Gasteiger partial charge in [0.15, 0.2) is 0 Å². The summed E-state index contributed by atoms with van der Waals surface area (Å²) in [6, 6.07) is 19.3. The Morgan fingerprint density at radius 2 is 1.71 bits per heavy atom. The molecule has 1 amide bonds. The van der Waals surface area contributed by atoms with E-state index in [4.69, 9.17) is 4.74 Å². The minimum absolute atomic E-state index is 0.0980. The summed E-state index contributed by atoms with van der Waals surface area (Å²) in [5.41, 5.74) is 5.46. The van der Waals surface area contributed by atoms with E-state index >= 15 is 0 Å². The highest BCUT2D eigenvalue weighted by molar-refractivity contribution is 5.84. The minimum atomic E-state index is -4.39. The number of alkyl halides is 3. The third kappa shape index (κ3) is 5.32. The molecule has 3 atom stereocenters. The van der Waals surface area contributed by atoms with E-state index in [0.29, 0.717) is 18.5 Å². The van der Waals surface area contributed by atoms with Crippen molar-refractivity contribution in [2.75, 3.05) is 13.7 Å². The predicted octanol–water partition coefficient (Wildman–Crippen LogP) is 7.74. The molecular formula is C35H39F3N2O2. The Kier molecular flexibility index (Phi) is 7.58. The van der Waals surface area contributed by atoms with Crippen LogP contribution < -0.4 is 10.1 Å². The molecule has 0 aromatic heterocycles. The summed E-state index contributed by atoms with van der Waals surface area (Å²) in [6.07, 6.45) is 0.722. The topological polar surface area (TPSA) is 41.6 Å². The van der Waals surface area contributed by atoms with E-state index < -0.39 is 17.2 Å². The van der Waals surface area contributed by atoms with Gasteiger partial charge in [-0.2, -0.15) is 13.2 Å². The molecule has 1 fully saturated rings. The number of halogens is 3. The largest absolute Gasteiger partial charge is 0.497 e. The van der Waals surface area contributed by atoms with Gasteiger partial charge in [-0.3, -0.25) is 4.79 Å². The van der Waals surface area contributed by atoms with Crippen LogP contribution in [0.3, 0.4) is 0 Å². The first-order valence-electron chi connectivity index (χ1n) is 15.1. The number of hydrogen-bond acceptors (Lipinski definition) is 3. The molecule has 1 N–H and O–H groups in total. The Hall–Kier alpha value is -3.32. The molecule has 6 rings (SSSR count). The Labute approximate surface area is 246 Å². The van der Waals surface area contributed by atoms with Crippen LogP contribution in [-0.2, 0) is 30.4 Å². The van der Waals surface area contributed by atoms with Crippen LogP contribution in [0, 0.1) is 11.3 Å². The molecule has 2 aliphatic carbocycles. The molecule has 3 aromatic carbocycles. The predicted molar refractivity (Wildman–Crippen MR) is 158 cm³/mol. The molecule has 1 heterocycles. The van der Waals surface area contributed by atoms with E-state index in [1.165, 1.54) is 28.3 Å². The molecule has 3 aromatic rings. The first-order valence-corrected chi connectivity index (χ1v) is 15.1. The zero-order valence-corrected chi connectivity index (χ0v) is 24.6. The fourth-order valence-corrected chi connectivity index (χ4v) is 7.44. The highest BCUT2D eigenvalue weighted by Crippen LogP contribution is 2.48. The highest BCUT2D eigenvalue weighted by Gasteiger charge is 2.50. The quantitative estimate of drug-likeness (QED) is 0.326. The summed E-state index contributed by atoms with van der Waals surface area (Å²) < 4.78 is 45.4. The number of hydrogen-bond donors (Lipinski definition) is 1. The summed E-state index contributed by atoms with van der Waals surface area (Å²) in [5.74, 6) is 1.08. The number of aryl methyl sites for hydroxylation is 1. The van der Waals surface area contributed by atoms with Gasteiger partial charge in [-0.1, -0.05) is 50.2 Å². The molecule has 4 nitrogen and oxygen atoms in total. The molecule has 222 valence electrons. The molecule has 7 heteroatoms. The molecule has 1 unspecified atom stereocenters. The van der Waals surface area contributed by atoms with Gasteiger partial charge in [0.25, 0.3) is 0 Å². The smallest absolute Gasteiger partial charge is 0.416 e. The molecule has 0 radical (unpaired) electrons. The average molecular weight is 577 g/mol. The molecular weight excluding hydrogens is 537 g/mol. The van der Waals surface area contributed by atoms with Crippen LogP contribution in [0.2, 0.25) is 0 Å². The summed E-state index contributed by atoms with van der Waals surface area (Å²) in [7, 11) is 1.67. The third-order valence-corrected chi connectivity index (χ3v) is 9.99. The molecule has 1 aliphatic heterocycles. The Bertz CT molecular complexity index is 1470. The van der Waals surface area contributed by atoms with Crippen LogP contribution in [0.25, 0.3) is 11.1 Å². The second-order valence-electron chi connectivity index (χ2n) is 12.6. The number of amides is 1. The maximum Gasteiger partial charge on any atom is 0.416 e. The molecule has 42 heavy (non-hydrogen) atoms. The maximum absolute atomic E-state index is 14.1. The van der Waals surface area contributed by atoms with E-state index in [2.05, 4.69) is 49.5 Å². The number of nitrogens with one attached hydrogen (secondary N) is 1. The zero-order valence-electron chi connectivity index (χ0n) is 24.6. The first kappa shape index (κ1) is 28.8. The Morgan fingerprint density at radius 1 is 0.952 bits per heavy atom. The van der Waals surface area contributed by atoms with Crippen molar-refractivity contribution < 1.29 is 22.7 Å². The monoisotopic (exact) mass is 576 g/mol. The molecule has 3 aliphatic rings. The van der Waals surface area contributed by atoms with Crippen molar-refractivity contribution in [1.82, 2.24) is 10.2 Å². The number of benzene rings is 3. The zero-order chi connectivity index (χ0) is 29.6. The number of rotatable bonds is 6. The number of carbonyl (C=O) groups excluding carboxylic acids is 1. The number of methoxy groups -OCH3 is 1. The van der Waals surface area contributed by atoms with Crippen molar-refractivity contribution in [3.05, 3.63) is 88.5 Å². The Balaban J connectivity index is 1.14. The molecule has 0 spiro atoms. The van der Waals surface area contributed by atoms with Crippen molar-refractivity contribution in [3.63, 3.8) is 0 Å². The lowest BCUT2D eigenvalue weighted by molar-refractivity contribution is -0.145. The first-order chi connectivity index (χ1) is 20.1. The summed E-state index contributed by atoms with van der Waals surface area (Å²) in [5, 5.41) is 3.90. The third-order valence-electron chi connectivity index (χ3n) is 9.99. The van der Waals surface area contributed by atoms with Gasteiger partial charge in [-0.15, -0.1) is 0 Å². The van der Waals surface area contributed by atoms with Crippen molar-refractivity contribution >= 4 is 5.91 Å². The lowest BCUT2D eigenvalue weighted by Crippen LogP contribution is -2.48. The van der Waals surface area contributed by atoms with Crippen LogP contribution in [0.1, 0.15) is 73.4 Å². The second-order valence-corrected chi connectivity index (χ2v) is 12.6. The summed E-state index contributed by atoms with van der Waals surface area (Å²) in [4.78, 5) is 15.9. The van der Waals surface area contributed by atoms with Crippen molar-refractivity contribution in [2.45, 2.75) is 77.2 Å². The van der Waals surface area contributed by atoms with Gasteiger partial charge in [0.2, 0.25) is 5.91 Å². The van der Waals surface area contributed by atoms with Crippen LogP contribution in [0.5, 0.6) is 5.75 Å². The van der Waals surface area contributed by atoms with E-state index in [1.54, 1.807) is 13.2 Å². The number of fused-ring (bicyclic) bond motifs is 2. The van der Waals surface area contributed by atoms with Gasteiger partial charge < -0.3 is 15.0 Å². The number of carbonyl (C=O) groups is 1. The fourth-order valence-electron chi connectivity index (χ4n) is 7.44. The number of ether oxygens (including phenoxy) is 1. The van der Waals surface area contributed by atoms with E-state index in [9.17, 15) is 18.0 Å².